The van der Waals surface area contributed by atoms with Crippen molar-refractivity contribution in [1.82, 2.24) is 15.0 Å². The molecule has 4 heterocycles. The summed E-state index contributed by atoms with van der Waals surface area (Å²) < 4.78 is 22.6. The smallest absolute Gasteiger partial charge is 0.296 e. The van der Waals surface area contributed by atoms with Gasteiger partial charge in [0.05, 0.1) is 36.6 Å². The molecule has 2 saturated heterocycles. The quantitative estimate of drug-likeness (QED) is 0.330. The van der Waals surface area contributed by atoms with E-state index in [1.54, 1.807) is 13.2 Å². The Morgan fingerprint density at radius 2 is 1.61 bits per heavy atom. The fourth-order valence-electron chi connectivity index (χ4n) is 5.19. The molecule has 2 aromatic heterocycles. The monoisotopic (exact) mass is 529 g/mol. The highest BCUT2D eigenvalue weighted by Crippen LogP contribution is 2.34. The molecule has 0 amide bonds. The van der Waals surface area contributed by atoms with Crippen molar-refractivity contribution in [3.05, 3.63) is 71.8 Å². The van der Waals surface area contributed by atoms with Crippen LogP contribution in [-0.4, -0.2) is 64.8 Å². The molecule has 8 nitrogen and oxygen atoms in total. The number of nitrogens with one attached hydrogen (secondary N) is 1. The molecule has 38 heavy (non-hydrogen) atoms. The summed E-state index contributed by atoms with van der Waals surface area (Å²) in [5, 5.41) is 12.7. The molecule has 0 saturated carbocycles. The first-order valence-corrected chi connectivity index (χ1v) is 12.8. The van der Waals surface area contributed by atoms with Crippen molar-refractivity contribution >= 4 is 33.5 Å². The summed E-state index contributed by atoms with van der Waals surface area (Å²) in [6.45, 7) is 0.561. The molecule has 2 N–H and O–H groups in total. The van der Waals surface area contributed by atoms with Crippen molar-refractivity contribution in [3.63, 3.8) is 0 Å². The van der Waals surface area contributed by atoms with Crippen LogP contribution in [0.4, 0.5) is 0 Å². The first-order chi connectivity index (χ1) is 18.6. The van der Waals surface area contributed by atoms with E-state index >= 15 is 0 Å². The minimum atomic E-state index is -0.635. The van der Waals surface area contributed by atoms with Gasteiger partial charge in [-0.05, 0) is 46.2 Å². The molecule has 3 aromatic carbocycles. The Morgan fingerprint density at radius 3 is 2.45 bits per heavy atom. The molecule has 0 bridgehead atoms. The van der Waals surface area contributed by atoms with Crippen LogP contribution in [0.25, 0.3) is 44.3 Å². The number of aromatic nitrogens is 3. The fraction of sp³-hybridized carbons (Fsp3) is 0.241. The van der Waals surface area contributed by atoms with E-state index in [2.05, 4.69) is 46.4 Å². The van der Waals surface area contributed by atoms with E-state index in [0.29, 0.717) is 34.5 Å². The summed E-state index contributed by atoms with van der Waals surface area (Å²) in [6, 6.07) is 22.7. The molecule has 2 aliphatic heterocycles. The van der Waals surface area contributed by atoms with Crippen LogP contribution in [0, 0.1) is 0 Å². The van der Waals surface area contributed by atoms with Gasteiger partial charge in [0, 0.05) is 5.56 Å². The third-order valence-corrected chi connectivity index (χ3v) is 7.48. The zero-order valence-corrected chi connectivity index (χ0v) is 21.2. The van der Waals surface area contributed by atoms with Crippen LogP contribution in [0.1, 0.15) is 0 Å². The lowest BCUT2D eigenvalue weighted by molar-refractivity contribution is 0.00706. The van der Waals surface area contributed by atoms with Gasteiger partial charge in [0.1, 0.15) is 24.1 Å². The Morgan fingerprint density at radius 1 is 0.868 bits per heavy atom. The lowest BCUT2D eigenvalue weighted by Crippen LogP contribution is -2.34. The Kier molecular flexibility index (Phi) is 5.70. The summed E-state index contributed by atoms with van der Waals surface area (Å²) in [4.78, 5) is 12.3. The number of aliphatic hydroxyl groups excluding tert-OH is 1. The van der Waals surface area contributed by atoms with Crippen molar-refractivity contribution in [3.8, 4) is 34.1 Å². The van der Waals surface area contributed by atoms with E-state index in [4.69, 9.17) is 35.5 Å². The molecule has 0 unspecified atom stereocenters. The number of nitrogens with zero attached hydrogens (tertiary/aromatic N) is 2. The zero-order valence-electron chi connectivity index (χ0n) is 20.4. The number of rotatable bonds is 5. The van der Waals surface area contributed by atoms with E-state index in [1.807, 2.05) is 24.3 Å². The van der Waals surface area contributed by atoms with Crippen molar-refractivity contribution in [2.45, 2.75) is 24.4 Å². The molecular weight excluding hydrogens is 506 g/mol. The van der Waals surface area contributed by atoms with Crippen molar-refractivity contribution in [2.75, 3.05) is 20.3 Å². The maximum atomic E-state index is 9.95. The Balaban J connectivity index is 1.13. The van der Waals surface area contributed by atoms with Gasteiger partial charge in [-0.25, -0.2) is 4.98 Å². The van der Waals surface area contributed by atoms with Crippen molar-refractivity contribution < 1.29 is 24.1 Å². The van der Waals surface area contributed by atoms with Crippen LogP contribution in [0.5, 0.6) is 11.8 Å². The average Bonchev–Trinajstić information content (AvgIpc) is 3.64. The number of halogens is 1. The number of aliphatic hydroxyl groups is 1. The Labute approximate surface area is 223 Å². The molecule has 2 aliphatic rings. The van der Waals surface area contributed by atoms with Gasteiger partial charge >= 0.3 is 0 Å². The second-order valence-electron chi connectivity index (χ2n) is 9.56. The van der Waals surface area contributed by atoms with Gasteiger partial charge in [0.25, 0.3) is 6.01 Å². The van der Waals surface area contributed by atoms with Gasteiger partial charge in [0.2, 0.25) is 0 Å². The molecule has 5 aromatic rings. The van der Waals surface area contributed by atoms with Gasteiger partial charge in [0.15, 0.2) is 11.8 Å². The van der Waals surface area contributed by atoms with Crippen LogP contribution in [0.15, 0.2) is 66.7 Å². The number of methoxy groups -OCH3 is 1. The summed E-state index contributed by atoms with van der Waals surface area (Å²) in [7, 11) is 1.67. The second-order valence-corrected chi connectivity index (χ2v) is 9.96. The summed E-state index contributed by atoms with van der Waals surface area (Å²) >= 11 is 6.62. The van der Waals surface area contributed by atoms with E-state index in [-0.39, 0.29) is 24.9 Å². The molecule has 2 fully saturated rings. The number of fused-ring (bicyclic) bond motifs is 3. The lowest BCUT2D eigenvalue weighted by Gasteiger charge is -2.15. The summed E-state index contributed by atoms with van der Waals surface area (Å²) in [5.74, 6) is 0.843. The zero-order chi connectivity index (χ0) is 25.8. The van der Waals surface area contributed by atoms with Gasteiger partial charge in [-0.2, -0.15) is 4.98 Å². The van der Waals surface area contributed by atoms with E-state index < -0.39 is 6.10 Å². The normalized spacial score (nSPS) is 22.7. The number of imidazole rings is 1. The molecular formula is C29H24ClN3O5. The topological polar surface area (TPSA) is 98.7 Å². The lowest BCUT2D eigenvalue weighted by atomic mass is 9.99. The highest BCUT2D eigenvalue weighted by Gasteiger charge is 2.48. The minimum absolute atomic E-state index is 0.241. The third kappa shape index (κ3) is 4.06. The van der Waals surface area contributed by atoms with Crippen LogP contribution < -0.4 is 9.47 Å². The Bertz CT molecular complexity index is 1650. The number of ether oxygens (including phenoxy) is 4. The number of hydrogen-bond acceptors (Lipinski definition) is 7. The third-order valence-electron chi connectivity index (χ3n) is 7.19. The maximum absolute atomic E-state index is 9.95. The maximum Gasteiger partial charge on any atom is 0.296 e. The molecule has 192 valence electrons. The molecule has 7 rings (SSSR count). The van der Waals surface area contributed by atoms with Crippen LogP contribution >= 0.6 is 11.6 Å². The summed E-state index contributed by atoms with van der Waals surface area (Å²) in [5.41, 5.74) is 4.90. The number of aromatic amines is 1. The van der Waals surface area contributed by atoms with E-state index in [1.165, 1.54) is 0 Å². The molecule has 9 heteroatoms. The first kappa shape index (κ1) is 23.4. The van der Waals surface area contributed by atoms with Gasteiger partial charge in [-0.3, -0.25) is 0 Å². The van der Waals surface area contributed by atoms with Gasteiger partial charge in [-0.1, -0.05) is 54.1 Å². The average molecular weight is 530 g/mol. The number of H-pyrrole nitrogens is 1. The number of hydrogen-bond donors (Lipinski definition) is 2. The first-order valence-electron chi connectivity index (χ1n) is 12.4. The Hall–Kier alpha value is -3.69. The van der Waals surface area contributed by atoms with E-state index in [9.17, 15) is 5.11 Å². The SMILES string of the molecule is COc1ccc2cc(-c3ccc(-c4nc5nc(O[C@@H]6CO[C@H]7[C@@H]6OC[C@H]7O)[nH]c5cc4Cl)cc3)ccc2c1. The highest BCUT2D eigenvalue weighted by molar-refractivity contribution is 6.33. The summed E-state index contributed by atoms with van der Waals surface area (Å²) in [6.07, 6.45) is -1.69. The molecule has 4 atom stereocenters. The van der Waals surface area contributed by atoms with E-state index in [0.717, 1.165) is 33.2 Å². The van der Waals surface area contributed by atoms with Crippen molar-refractivity contribution in [2.24, 2.45) is 0 Å². The molecule has 0 radical (unpaired) electrons. The standard InChI is InChI=1S/C29H24ClN3O5/c1-35-20-9-8-18-10-17(6-7-19(18)11-20)15-2-4-16(5-3-15)25-21(30)12-22-28(32-25)33-29(31-22)38-24-14-37-26-23(34)13-36-27(24)26/h2-12,23-24,26-27,34H,13-14H2,1H3,(H,31,32,33)/t23-,24-,26-,27-/m1/s1. The largest absolute Gasteiger partial charge is 0.497 e. The van der Waals surface area contributed by atoms with Crippen LogP contribution in [0.3, 0.4) is 0 Å². The van der Waals surface area contributed by atoms with Crippen LogP contribution in [0.2, 0.25) is 5.02 Å². The highest BCUT2D eigenvalue weighted by atomic mass is 35.5. The minimum Gasteiger partial charge on any atom is -0.497 e. The number of pyridine rings is 1. The van der Waals surface area contributed by atoms with Crippen LogP contribution in [-0.2, 0) is 9.47 Å². The second kappa shape index (κ2) is 9.25. The predicted molar refractivity (Wildman–Crippen MR) is 144 cm³/mol. The van der Waals surface area contributed by atoms with Crippen molar-refractivity contribution in [1.29, 1.82) is 0 Å². The van der Waals surface area contributed by atoms with Gasteiger partial charge in [-0.15, -0.1) is 0 Å². The number of benzene rings is 3. The fourth-order valence-corrected chi connectivity index (χ4v) is 5.45. The predicted octanol–water partition coefficient (Wildman–Crippen LogP) is 5.01. The molecule has 0 aliphatic carbocycles. The van der Waals surface area contributed by atoms with Gasteiger partial charge < -0.3 is 29.0 Å². The molecule has 0 spiro atoms.